The molecular formula is C21H30Cl2N4O2. The summed E-state index contributed by atoms with van der Waals surface area (Å²) in [6.07, 6.45) is 1.62. The van der Waals surface area contributed by atoms with Crippen molar-refractivity contribution >= 4 is 29.1 Å². The summed E-state index contributed by atoms with van der Waals surface area (Å²) in [5.74, 6) is 1.19. The van der Waals surface area contributed by atoms with Crippen molar-refractivity contribution in [3.63, 3.8) is 0 Å². The Bertz CT molecular complexity index is 815. The lowest BCUT2D eigenvalue weighted by Gasteiger charge is -2.24. The molecule has 0 atom stereocenters. The zero-order chi connectivity index (χ0) is 21.6. The fourth-order valence-corrected chi connectivity index (χ4v) is 3.08. The number of carbonyl (C=O) groups is 1. The van der Waals surface area contributed by atoms with Crippen LogP contribution in [0.5, 0.6) is 0 Å². The Hall–Kier alpha value is -1.63. The van der Waals surface area contributed by atoms with E-state index < -0.39 is 0 Å². The SMILES string of the molecule is CN(C)CCCN(Cc1ccc(Cl)c(Cl)c1)C(=O)CCc1nc(C(C)(C)C)no1. The molecule has 0 unspecified atom stereocenters. The molecule has 0 aliphatic heterocycles. The number of aryl methyl sites for hydroxylation is 1. The van der Waals surface area contributed by atoms with E-state index in [1.807, 2.05) is 51.9 Å². The van der Waals surface area contributed by atoms with Gasteiger partial charge in [-0.15, -0.1) is 0 Å². The molecule has 0 aliphatic rings. The van der Waals surface area contributed by atoms with Crippen molar-refractivity contribution in [3.05, 3.63) is 45.5 Å². The number of amides is 1. The van der Waals surface area contributed by atoms with Gasteiger partial charge in [0.1, 0.15) is 0 Å². The number of rotatable bonds is 9. The van der Waals surface area contributed by atoms with E-state index in [9.17, 15) is 4.79 Å². The zero-order valence-electron chi connectivity index (χ0n) is 17.8. The van der Waals surface area contributed by atoms with Crippen LogP contribution in [0.25, 0.3) is 0 Å². The van der Waals surface area contributed by atoms with Crippen molar-refractivity contribution < 1.29 is 9.32 Å². The maximum absolute atomic E-state index is 12.9. The van der Waals surface area contributed by atoms with Gasteiger partial charge in [-0.25, -0.2) is 0 Å². The summed E-state index contributed by atoms with van der Waals surface area (Å²) in [5, 5.41) is 5.02. The van der Waals surface area contributed by atoms with Crippen LogP contribution in [-0.2, 0) is 23.2 Å². The number of hydrogen-bond donors (Lipinski definition) is 0. The lowest BCUT2D eigenvalue weighted by molar-refractivity contribution is -0.132. The molecule has 1 heterocycles. The molecule has 6 nitrogen and oxygen atoms in total. The van der Waals surface area contributed by atoms with Gasteiger partial charge in [0.05, 0.1) is 10.0 Å². The quantitative estimate of drug-likeness (QED) is 0.570. The van der Waals surface area contributed by atoms with Crippen molar-refractivity contribution in [2.75, 3.05) is 27.2 Å². The van der Waals surface area contributed by atoms with E-state index in [1.165, 1.54) is 0 Å². The summed E-state index contributed by atoms with van der Waals surface area (Å²) in [6.45, 7) is 8.13. The van der Waals surface area contributed by atoms with Crippen molar-refractivity contribution in [3.8, 4) is 0 Å². The first-order valence-electron chi connectivity index (χ1n) is 9.76. The van der Waals surface area contributed by atoms with E-state index in [4.69, 9.17) is 27.7 Å². The average molecular weight is 441 g/mol. The van der Waals surface area contributed by atoms with Gasteiger partial charge in [-0.1, -0.05) is 55.2 Å². The third-order valence-corrected chi connectivity index (χ3v) is 5.17. The van der Waals surface area contributed by atoms with E-state index in [-0.39, 0.29) is 11.3 Å². The Labute approximate surface area is 183 Å². The minimum atomic E-state index is -0.183. The Morgan fingerprint density at radius 3 is 2.45 bits per heavy atom. The van der Waals surface area contributed by atoms with Crippen LogP contribution in [0.1, 0.15) is 50.9 Å². The Balaban J connectivity index is 2.02. The molecule has 1 aromatic heterocycles. The van der Waals surface area contributed by atoms with Crippen LogP contribution in [-0.4, -0.2) is 53.0 Å². The van der Waals surface area contributed by atoms with Crippen molar-refractivity contribution in [1.29, 1.82) is 0 Å². The summed E-state index contributed by atoms with van der Waals surface area (Å²) >= 11 is 12.1. The highest BCUT2D eigenvalue weighted by Crippen LogP contribution is 2.24. The highest BCUT2D eigenvalue weighted by atomic mass is 35.5. The number of aromatic nitrogens is 2. The van der Waals surface area contributed by atoms with Crippen LogP contribution >= 0.6 is 23.2 Å². The molecule has 0 spiro atoms. The van der Waals surface area contributed by atoms with Gasteiger partial charge in [0.25, 0.3) is 0 Å². The van der Waals surface area contributed by atoms with Gasteiger partial charge in [-0.05, 0) is 44.8 Å². The smallest absolute Gasteiger partial charge is 0.227 e. The standard InChI is InChI=1S/C21H30Cl2N4O2/c1-21(2,3)20-24-18(29-25-20)9-10-19(28)27(12-6-11-26(4)5)14-15-7-8-16(22)17(23)13-15/h7-8,13H,6,9-12,14H2,1-5H3. The number of halogens is 2. The maximum atomic E-state index is 12.9. The average Bonchev–Trinajstić information content (AvgIpc) is 3.11. The molecule has 1 amide bonds. The van der Waals surface area contributed by atoms with Gasteiger partial charge in [0.15, 0.2) is 5.82 Å². The van der Waals surface area contributed by atoms with Gasteiger partial charge >= 0.3 is 0 Å². The molecule has 0 fully saturated rings. The topological polar surface area (TPSA) is 62.5 Å². The molecule has 0 bridgehead atoms. The third-order valence-electron chi connectivity index (χ3n) is 4.44. The number of benzene rings is 1. The molecule has 1 aromatic carbocycles. The summed E-state index contributed by atoms with van der Waals surface area (Å²) in [5.41, 5.74) is 0.767. The molecule has 0 saturated heterocycles. The highest BCUT2D eigenvalue weighted by Gasteiger charge is 2.22. The first-order valence-corrected chi connectivity index (χ1v) is 10.5. The minimum Gasteiger partial charge on any atom is -0.339 e. The normalized spacial score (nSPS) is 11.9. The second kappa shape index (κ2) is 10.4. The van der Waals surface area contributed by atoms with Crippen LogP contribution in [0.3, 0.4) is 0 Å². The number of hydrogen-bond acceptors (Lipinski definition) is 5. The first kappa shape index (κ1) is 23.6. The van der Waals surface area contributed by atoms with Gasteiger partial charge < -0.3 is 14.3 Å². The molecule has 0 N–H and O–H groups in total. The zero-order valence-corrected chi connectivity index (χ0v) is 19.3. The van der Waals surface area contributed by atoms with Crippen LogP contribution < -0.4 is 0 Å². The highest BCUT2D eigenvalue weighted by molar-refractivity contribution is 6.42. The van der Waals surface area contributed by atoms with Crippen molar-refractivity contribution in [2.24, 2.45) is 0 Å². The van der Waals surface area contributed by atoms with Crippen molar-refractivity contribution in [1.82, 2.24) is 19.9 Å². The molecule has 0 aliphatic carbocycles. The summed E-state index contributed by atoms with van der Waals surface area (Å²) in [7, 11) is 4.04. The fraction of sp³-hybridized carbons (Fsp3) is 0.571. The van der Waals surface area contributed by atoms with Gasteiger partial charge in [0.2, 0.25) is 11.8 Å². The predicted molar refractivity (Wildman–Crippen MR) is 116 cm³/mol. The largest absolute Gasteiger partial charge is 0.339 e. The lowest BCUT2D eigenvalue weighted by Crippen LogP contribution is -2.33. The molecule has 2 aromatic rings. The van der Waals surface area contributed by atoms with Gasteiger partial charge in [0, 0.05) is 31.3 Å². The number of nitrogens with zero attached hydrogens (tertiary/aromatic N) is 4. The van der Waals surface area contributed by atoms with Crippen LogP contribution in [0.2, 0.25) is 10.0 Å². The second-order valence-electron chi connectivity index (χ2n) is 8.48. The third kappa shape index (κ3) is 7.61. The molecule has 8 heteroatoms. The molecule has 160 valence electrons. The summed E-state index contributed by atoms with van der Waals surface area (Å²) in [4.78, 5) is 21.3. The summed E-state index contributed by atoms with van der Waals surface area (Å²) in [6, 6.07) is 5.46. The molecule has 0 radical (unpaired) electrons. The van der Waals surface area contributed by atoms with Gasteiger partial charge in [-0.3, -0.25) is 4.79 Å². The number of carbonyl (C=O) groups excluding carboxylic acids is 1. The summed E-state index contributed by atoms with van der Waals surface area (Å²) < 4.78 is 5.31. The van der Waals surface area contributed by atoms with Gasteiger partial charge in [-0.2, -0.15) is 4.98 Å². The minimum absolute atomic E-state index is 0.0466. The first-order chi connectivity index (χ1) is 13.6. The monoisotopic (exact) mass is 440 g/mol. The molecule has 2 rings (SSSR count). The lowest BCUT2D eigenvalue weighted by atomic mass is 9.96. The maximum Gasteiger partial charge on any atom is 0.227 e. The Morgan fingerprint density at radius 2 is 1.86 bits per heavy atom. The predicted octanol–water partition coefficient (Wildman–Crippen LogP) is 4.59. The fourth-order valence-electron chi connectivity index (χ4n) is 2.76. The second-order valence-corrected chi connectivity index (χ2v) is 9.30. The Kier molecular flexibility index (Phi) is 8.49. The van der Waals surface area contributed by atoms with Crippen LogP contribution in [0, 0.1) is 0 Å². The van der Waals surface area contributed by atoms with Crippen LogP contribution in [0.4, 0.5) is 0 Å². The van der Waals surface area contributed by atoms with E-state index >= 15 is 0 Å². The van der Waals surface area contributed by atoms with E-state index in [2.05, 4.69) is 15.0 Å². The van der Waals surface area contributed by atoms with Crippen LogP contribution in [0.15, 0.2) is 22.7 Å². The van der Waals surface area contributed by atoms with E-state index in [0.29, 0.717) is 47.7 Å². The van der Waals surface area contributed by atoms with E-state index in [1.54, 1.807) is 6.07 Å². The molecule has 29 heavy (non-hydrogen) atoms. The van der Waals surface area contributed by atoms with E-state index in [0.717, 1.165) is 18.5 Å². The molecule has 0 saturated carbocycles. The molecular weight excluding hydrogens is 411 g/mol. The van der Waals surface area contributed by atoms with Crippen molar-refractivity contribution in [2.45, 2.75) is 52.0 Å². The Morgan fingerprint density at radius 1 is 1.14 bits per heavy atom.